The van der Waals surface area contributed by atoms with Crippen molar-refractivity contribution in [2.75, 3.05) is 20.6 Å². The van der Waals surface area contributed by atoms with Gasteiger partial charge in [0, 0.05) is 20.6 Å². The van der Waals surface area contributed by atoms with E-state index in [1.807, 2.05) is 13.8 Å². The first-order valence-corrected chi connectivity index (χ1v) is 7.31. The molecule has 0 spiro atoms. The lowest BCUT2D eigenvalue weighted by molar-refractivity contribution is -0.128. The van der Waals surface area contributed by atoms with Crippen molar-refractivity contribution in [2.24, 2.45) is 10.4 Å². The van der Waals surface area contributed by atoms with Crippen molar-refractivity contribution >= 4 is 35.8 Å². The molecule has 0 aromatic carbocycles. The maximum atomic E-state index is 11.8. The van der Waals surface area contributed by atoms with Crippen LogP contribution in [0.15, 0.2) is 4.99 Å². The van der Waals surface area contributed by atoms with Crippen LogP contribution in [-0.2, 0) is 9.53 Å². The minimum atomic E-state index is -0.475. The predicted molar refractivity (Wildman–Crippen MR) is 94.1 cm³/mol. The SMILES string of the molecule is CN=C(NCC(C)(C)C(=O)NC)NC1CC2CCC1O2.I. The second-order valence-corrected chi connectivity index (χ2v) is 6.25. The minimum absolute atomic E-state index is 0. The predicted octanol–water partition coefficient (Wildman–Crippen LogP) is 0.861. The molecule has 2 bridgehead atoms. The lowest BCUT2D eigenvalue weighted by atomic mass is 9.92. The molecule has 1 amide bonds. The molecule has 2 fully saturated rings. The number of fused-ring (bicyclic) bond motifs is 2. The Balaban J connectivity index is 0.00000220. The van der Waals surface area contributed by atoms with E-state index in [1.54, 1.807) is 14.1 Å². The van der Waals surface area contributed by atoms with Crippen molar-refractivity contribution in [1.82, 2.24) is 16.0 Å². The number of aliphatic imine (C=N–C) groups is 1. The quantitative estimate of drug-likeness (QED) is 0.365. The normalized spacial score (nSPS) is 28.0. The number of guanidine groups is 1. The Morgan fingerprint density at radius 1 is 1.38 bits per heavy atom. The van der Waals surface area contributed by atoms with E-state index in [1.165, 1.54) is 6.42 Å². The summed E-state index contributed by atoms with van der Waals surface area (Å²) in [5.74, 6) is 0.756. The molecule has 122 valence electrons. The first-order chi connectivity index (χ1) is 9.46. The molecular weight excluding hydrogens is 383 g/mol. The molecule has 2 rings (SSSR count). The van der Waals surface area contributed by atoms with Gasteiger partial charge >= 0.3 is 0 Å². The molecule has 2 aliphatic rings. The lowest BCUT2D eigenvalue weighted by Crippen LogP contribution is -2.51. The fourth-order valence-corrected chi connectivity index (χ4v) is 2.88. The Morgan fingerprint density at radius 3 is 2.57 bits per heavy atom. The monoisotopic (exact) mass is 410 g/mol. The van der Waals surface area contributed by atoms with Crippen LogP contribution in [0, 0.1) is 5.41 Å². The summed E-state index contributed by atoms with van der Waals surface area (Å²) in [7, 11) is 3.40. The van der Waals surface area contributed by atoms with Gasteiger partial charge in [-0.2, -0.15) is 0 Å². The van der Waals surface area contributed by atoms with Crippen LogP contribution in [0.5, 0.6) is 0 Å². The van der Waals surface area contributed by atoms with Crippen LogP contribution in [0.4, 0.5) is 0 Å². The maximum absolute atomic E-state index is 11.8. The summed E-state index contributed by atoms with van der Waals surface area (Å²) in [6.45, 7) is 4.35. The molecule has 2 heterocycles. The lowest BCUT2D eigenvalue weighted by Gasteiger charge is -2.26. The number of hydrogen-bond acceptors (Lipinski definition) is 3. The molecule has 0 radical (unpaired) electrons. The van der Waals surface area contributed by atoms with E-state index < -0.39 is 5.41 Å². The molecule has 7 heteroatoms. The summed E-state index contributed by atoms with van der Waals surface area (Å²) < 4.78 is 5.82. The number of hydrogen-bond donors (Lipinski definition) is 3. The summed E-state index contributed by atoms with van der Waals surface area (Å²) in [5, 5.41) is 9.33. The van der Waals surface area contributed by atoms with Gasteiger partial charge in [-0.25, -0.2) is 0 Å². The van der Waals surface area contributed by atoms with Crippen molar-refractivity contribution in [3.8, 4) is 0 Å². The Hall–Kier alpha value is -0.570. The van der Waals surface area contributed by atoms with E-state index >= 15 is 0 Å². The number of ether oxygens (including phenoxy) is 1. The zero-order valence-electron chi connectivity index (χ0n) is 13.2. The summed E-state index contributed by atoms with van der Waals surface area (Å²) in [6, 6.07) is 0.336. The second-order valence-electron chi connectivity index (χ2n) is 6.25. The fourth-order valence-electron chi connectivity index (χ4n) is 2.88. The van der Waals surface area contributed by atoms with Crippen LogP contribution in [0.1, 0.15) is 33.1 Å². The standard InChI is InChI=1S/C14H26N4O2.HI/c1-14(2,12(19)15-3)8-17-13(16-4)18-10-7-9-5-6-11(10)20-9;/h9-11H,5-8H2,1-4H3,(H,15,19)(H2,16,17,18);1H. The first kappa shape index (κ1) is 18.5. The highest BCUT2D eigenvalue weighted by atomic mass is 127. The molecule has 21 heavy (non-hydrogen) atoms. The van der Waals surface area contributed by atoms with E-state index in [0.29, 0.717) is 24.8 Å². The summed E-state index contributed by atoms with van der Waals surface area (Å²) in [4.78, 5) is 16.0. The van der Waals surface area contributed by atoms with Crippen LogP contribution in [0.25, 0.3) is 0 Å². The number of carbonyl (C=O) groups is 1. The number of rotatable bonds is 4. The van der Waals surface area contributed by atoms with Gasteiger partial charge in [0.1, 0.15) is 0 Å². The number of amides is 1. The van der Waals surface area contributed by atoms with Gasteiger partial charge in [0.2, 0.25) is 5.91 Å². The fraction of sp³-hybridized carbons (Fsp3) is 0.857. The van der Waals surface area contributed by atoms with Gasteiger partial charge in [-0.3, -0.25) is 9.79 Å². The van der Waals surface area contributed by atoms with Crippen molar-refractivity contribution in [3.63, 3.8) is 0 Å². The third kappa shape index (κ3) is 4.45. The van der Waals surface area contributed by atoms with Crippen molar-refractivity contribution in [2.45, 2.75) is 51.4 Å². The van der Waals surface area contributed by atoms with E-state index in [4.69, 9.17) is 4.74 Å². The Bertz CT molecular complexity index is 400. The van der Waals surface area contributed by atoms with Gasteiger partial charge < -0.3 is 20.7 Å². The molecular formula is C14H27IN4O2. The number of nitrogens with zero attached hydrogens (tertiary/aromatic N) is 1. The summed E-state index contributed by atoms with van der Waals surface area (Å²) >= 11 is 0. The molecule has 3 atom stereocenters. The average Bonchev–Trinajstić information content (AvgIpc) is 3.04. The minimum Gasteiger partial charge on any atom is -0.373 e. The third-order valence-corrected chi connectivity index (χ3v) is 4.19. The highest BCUT2D eigenvalue weighted by Crippen LogP contribution is 2.34. The molecule has 0 aromatic rings. The second kappa shape index (κ2) is 7.62. The molecule has 3 unspecified atom stereocenters. The van der Waals surface area contributed by atoms with Crippen LogP contribution < -0.4 is 16.0 Å². The molecule has 2 aliphatic heterocycles. The van der Waals surface area contributed by atoms with Gasteiger partial charge in [-0.1, -0.05) is 0 Å². The van der Waals surface area contributed by atoms with E-state index in [2.05, 4.69) is 20.9 Å². The molecule has 0 aliphatic carbocycles. The topological polar surface area (TPSA) is 74.8 Å². The smallest absolute Gasteiger partial charge is 0.227 e. The van der Waals surface area contributed by atoms with Gasteiger partial charge in [0.05, 0.1) is 23.7 Å². The number of halogens is 1. The van der Waals surface area contributed by atoms with Crippen LogP contribution >= 0.6 is 24.0 Å². The van der Waals surface area contributed by atoms with Crippen LogP contribution in [0.2, 0.25) is 0 Å². The van der Waals surface area contributed by atoms with Gasteiger partial charge in [-0.15, -0.1) is 24.0 Å². The molecule has 0 aromatic heterocycles. The Kier molecular flexibility index (Phi) is 6.71. The Morgan fingerprint density at radius 2 is 2.10 bits per heavy atom. The van der Waals surface area contributed by atoms with E-state index in [-0.39, 0.29) is 29.9 Å². The van der Waals surface area contributed by atoms with Crippen LogP contribution in [0.3, 0.4) is 0 Å². The van der Waals surface area contributed by atoms with Gasteiger partial charge in [0.25, 0.3) is 0 Å². The molecule has 6 nitrogen and oxygen atoms in total. The van der Waals surface area contributed by atoms with Gasteiger partial charge in [-0.05, 0) is 33.1 Å². The molecule has 3 N–H and O–H groups in total. The zero-order chi connectivity index (χ0) is 14.8. The Labute approximate surface area is 143 Å². The maximum Gasteiger partial charge on any atom is 0.227 e. The van der Waals surface area contributed by atoms with Crippen molar-refractivity contribution in [1.29, 1.82) is 0 Å². The zero-order valence-corrected chi connectivity index (χ0v) is 15.6. The third-order valence-electron chi connectivity index (χ3n) is 4.19. The summed E-state index contributed by atoms with van der Waals surface area (Å²) in [5.41, 5.74) is -0.475. The highest BCUT2D eigenvalue weighted by molar-refractivity contribution is 14.0. The largest absolute Gasteiger partial charge is 0.373 e. The van der Waals surface area contributed by atoms with Gasteiger partial charge in [0.15, 0.2) is 5.96 Å². The first-order valence-electron chi connectivity index (χ1n) is 7.31. The van der Waals surface area contributed by atoms with E-state index in [0.717, 1.165) is 18.8 Å². The average molecular weight is 410 g/mol. The number of nitrogens with one attached hydrogen (secondary N) is 3. The summed E-state index contributed by atoms with van der Waals surface area (Å²) in [6.07, 6.45) is 4.08. The highest BCUT2D eigenvalue weighted by Gasteiger charge is 2.41. The van der Waals surface area contributed by atoms with Crippen LogP contribution in [-0.4, -0.2) is 50.8 Å². The van der Waals surface area contributed by atoms with E-state index in [9.17, 15) is 4.79 Å². The van der Waals surface area contributed by atoms with Crippen molar-refractivity contribution < 1.29 is 9.53 Å². The molecule has 2 saturated heterocycles. The number of carbonyl (C=O) groups excluding carboxylic acids is 1. The molecule has 0 saturated carbocycles. The van der Waals surface area contributed by atoms with Crippen molar-refractivity contribution in [3.05, 3.63) is 0 Å².